The van der Waals surface area contributed by atoms with Crippen molar-refractivity contribution >= 4 is 5.97 Å². The molecule has 132 valence electrons. The highest BCUT2D eigenvalue weighted by atomic mass is 16.6. The summed E-state index contributed by atoms with van der Waals surface area (Å²) in [6, 6.07) is 7.65. The van der Waals surface area contributed by atoms with Crippen LogP contribution in [0.5, 0.6) is 0 Å². The molecule has 1 saturated heterocycles. The van der Waals surface area contributed by atoms with E-state index < -0.39 is 0 Å². The molecule has 0 radical (unpaired) electrons. The topological polar surface area (TPSA) is 53.4 Å². The van der Waals surface area contributed by atoms with Crippen LogP contribution in [-0.4, -0.2) is 34.3 Å². The van der Waals surface area contributed by atoms with Gasteiger partial charge in [0.25, 0.3) is 0 Å². The van der Waals surface area contributed by atoms with Gasteiger partial charge in [0.05, 0.1) is 11.7 Å². The molecule has 3 atom stereocenters. The molecule has 3 heterocycles. The quantitative estimate of drug-likeness (QED) is 0.803. The summed E-state index contributed by atoms with van der Waals surface area (Å²) in [7, 11) is 0. The average molecular weight is 340 g/mol. The lowest BCUT2D eigenvalue weighted by Crippen LogP contribution is -2.61. The Labute approximate surface area is 148 Å². The average Bonchev–Trinajstić information content (AvgIpc) is 3.16. The smallest absolute Gasteiger partial charge is 0.340 e. The molecule has 0 bridgehead atoms. The van der Waals surface area contributed by atoms with Crippen LogP contribution in [0.1, 0.15) is 42.0 Å². The number of hydrogen-bond acceptors (Lipinski definition) is 4. The molecular formula is C20H24N2O3. The van der Waals surface area contributed by atoms with Crippen LogP contribution in [-0.2, 0) is 9.47 Å². The van der Waals surface area contributed by atoms with Crippen molar-refractivity contribution in [2.75, 3.05) is 6.61 Å². The lowest BCUT2D eigenvalue weighted by molar-refractivity contribution is -0.183. The van der Waals surface area contributed by atoms with E-state index >= 15 is 0 Å². The van der Waals surface area contributed by atoms with Crippen molar-refractivity contribution < 1.29 is 14.3 Å². The van der Waals surface area contributed by atoms with Gasteiger partial charge in [-0.3, -0.25) is 0 Å². The highest BCUT2D eigenvalue weighted by Gasteiger charge is 2.61. The number of ether oxygens (including phenoxy) is 2. The highest BCUT2D eigenvalue weighted by molar-refractivity contribution is 5.91. The maximum Gasteiger partial charge on any atom is 0.340 e. The van der Waals surface area contributed by atoms with Crippen LogP contribution in [0.3, 0.4) is 0 Å². The fraction of sp³-hybridized carbons (Fsp3) is 0.500. The van der Waals surface area contributed by atoms with Crippen LogP contribution in [0.4, 0.5) is 0 Å². The lowest BCUT2D eigenvalue weighted by Gasteiger charge is -2.53. The molecule has 2 aromatic heterocycles. The molecule has 0 N–H and O–H groups in total. The van der Waals surface area contributed by atoms with Gasteiger partial charge < -0.3 is 14.0 Å². The molecule has 2 aromatic rings. The molecule has 1 aliphatic carbocycles. The monoisotopic (exact) mass is 340 g/mol. The Balaban J connectivity index is 1.60. The first-order valence-electron chi connectivity index (χ1n) is 8.84. The van der Waals surface area contributed by atoms with E-state index in [1.54, 1.807) is 6.20 Å². The fourth-order valence-electron chi connectivity index (χ4n) is 4.50. The molecule has 2 fully saturated rings. The molecule has 4 rings (SSSR count). The van der Waals surface area contributed by atoms with Gasteiger partial charge in [0.1, 0.15) is 11.9 Å². The Bertz CT molecular complexity index is 810. The predicted molar refractivity (Wildman–Crippen MR) is 93.9 cm³/mol. The molecule has 2 aliphatic rings. The highest BCUT2D eigenvalue weighted by Crippen LogP contribution is 2.53. The molecule has 5 nitrogen and oxygen atoms in total. The van der Waals surface area contributed by atoms with Crippen LogP contribution >= 0.6 is 0 Å². The van der Waals surface area contributed by atoms with Gasteiger partial charge in [-0.1, -0.05) is 19.9 Å². The number of fused-ring (bicyclic) bond motifs is 1. The van der Waals surface area contributed by atoms with Crippen molar-refractivity contribution in [2.24, 2.45) is 11.3 Å². The summed E-state index contributed by atoms with van der Waals surface area (Å²) in [5, 5.41) is 0. The number of hydrogen-bond donors (Lipinski definition) is 0. The zero-order valence-corrected chi connectivity index (χ0v) is 15.2. The largest absolute Gasteiger partial charge is 0.458 e. The van der Waals surface area contributed by atoms with Crippen molar-refractivity contribution in [2.45, 2.75) is 46.3 Å². The van der Waals surface area contributed by atoms with E-state index in [1.165, 1.54) is 0 Å². The van der Waals surface area contributed by atoms with Crippen LogP contribution in [0, 0.1) is 25.2 Å². The number of carbonyl (C=O) groups is 1. The zero-order valence-electron chi connectivity index (χ0n) is 15.2. The van der Waals surface area contributed by atoms with Gasteiger partial charge in [0, 0.05) is 35.5 Å². The third-order valence-corrected chi connectivity index (χ3v) is 5.76. The molecule has 0 aromatic carbocycles. The molecule has 25 heavy (non-hydrogen) atoms. The Kier molecular flexibility index (Phi) is 3.72. The summed E-state index contributed by atoms with van der Waals surface area (Å²) in [4.78, 5) is 17.2. The second-order valence-electron chi connectivity index (χ2n) is 7.70. The van der Waals surface area contributed by atoms with Crippen LogP contribution in [0.2, 0.25) is 0 Å². The summed E-state index contributed by atoms with van der Waals surface area (Å²) in [6.07, 6.45) is 2.86. The number of carbonyl (C=O) groups excluding carboxylic acids is 1. The van der Waals surface area contributed by atoms with Gasteiger partial charge in [0.2, 0.25) is 0 Å². The first-order chi connectivity index (χ1) is 11.9. The maximum absolute atomic E-state index is 12.8. The molecule has 1 aliphatic heterocycles. The fourth-order valence-corrected chi connectivity index (χ4v) is 4.50. The zero-order chi connectivity index (χ0) is 17.8. The van der Waals surface area contributed by atoms with Gasteiger partial charge in [-0.25, -0.2) is 9.78 Å². The third-order valence-electron chi connectivity index (χ3n) is 5.76. The van der Waals surface area contributed by atoms with Crippen LogP contribution in [0.25, 0.3) is 5.82 Å². The van der Waals surface area contributed by atoms with Crippen molar-refractivity contribution in [1.82, 2.24) is 9.55 Å². The van der Waals surface area contributed by atoms with E-state index in [0.717, 1.165) is 30.2 Å². The van der Waals surface area contributed by atoms with Crippen molar-refractivity contribution in [3.05, 3.63) is 47.4 Å². The number of rotatable bonds is 3. The standard InChI is InChI=1S/C20H24N2O3/c1-12-11-15(13(2)22(12)16-7-5-6-9-21-16)19(23)25-18-14-8-10-24-17(14)20(18,3)4/h5-7,9,11,14,17-18H,8,10H2,1-4H3/t14-,17-,18+/m0/s1. The van der Waals surface area contributed by atoms with Crippen LogP contribution in [0.15, 0.2) is 30.5 Å². The van der Waals surface area contributed by atoms with Crippen molar-refractivity contribution in [3.8, 4) is 5.82 Å². The molecule has 0 spiro atoms. The minimum absolute atomic E-state index is 0.0783. The van der Waals surface area contributed by atoms with Gasteiger partial charge in [-0.05, 0) is 38.5 Å². The summed E-state index contributed by atoms with van der Waals surface area (Å²) in [5.74, 6) is 0.890. The minimum Gasteiger partial charge on any atom is -0.458 e. The summed E-state index contributed by atoms with van der Waals surface area (Å²) >= 11 is 0. The molecule has 5 heteroatoms. The summed E-state index contributed by atoms with van der Waals surface area (Å²) in [5.41, 5.74) is 2.32. The number of aryl methyl sites for hydroxylation is 1. The van der Waals surface area contributed by atoms with E-state index in [2.05, 4.69) is 18.8 Å². The molecule has 0 amide bonds. The second-order valence-corrected chi connectivity index (χ2v) is 7.70. The number of pyridine rings is 1. The maximum atomic E-state index is 12.8. The van der Waals surface area contributed by atoms with Gasteiger partial charge in [-0.15, -0.1) is 0 Å². The van der Waals surface area contributed by atoms with Gasteiger partial charge in [0.15, 0.2) is 0 Å². The summed E-state index contributed by atoms with van der Waals surface area (Å²) < 4.78 is 13.7. The molecule has 0 unspecified atom stereocenters. The first-order valence-corrected chi connectivity index (χ1v) is 8.84. The third kappa shape index (κ3) is 2.41. The second kappa shape index (κ2) is 5.70. The van der Waals surface area contributed by atoms with E-state index in [0.29, 0.717) is 11.5 Å². The van der Waals surface area contributed by atoms with Crippen LogP contribution < -0.4 is 0 Å². The van der Waals surface area contributed by atoms with E-state index in [9.17, 15) is 4.79 Å². The summed E-state index contributed by atoms with van der Waals surface area (Å²) in [6.45, 7) is 8.92. The number of nitrogens with zero attached hydrogens (tertiary/aromatic N) is 2. The normalized spacial score (nSPS) is 26.8. The Hall–Kier alpha value is -2.14. The first kappa shape index (κ1) is 16.3. The molecule has 1 saturated carbocycles. The van der Waals surface area contributed by atoms with E-state index in [1.807, 2.05) is 42.7 Å². The number of aromatic nitrogens is 2. The van der Waals surface area contributed by atoms with Gasteiger partial charge >= 0.3 is 5.97 Å². The Morgan fingerprint density at radius 2 is 2.16 bits per heavy atom. The van der Waals surface area contributed by atoms with E-state index in [-0.39, 0.29) is 23.6 Å². The number of esters is 1. The van der Waals surface area contributed by atoms with E-state index in [4.69, 9.17) is 9.47 Å². The van der Waals surface area contributed by atoms with Crippen molar-refractivity contribution in [3.63, 3.8) is 0 Å². The minimum atomic E-state index is -0.251. The Morgan fingerprint density at radius 1 is 1.36 bits per heavy atom. The predicted octanol–water partition coefficient (Wildman–Crippen LogP) is 3.46. The lowest BCUT2D eigenvalue weighted by atomic mass is 9.59. The van der Waals surface area contributed by atoms with Gasteiger partial charge in [-0.2, -0.15) is 0 Å². The molecular weight excluding hydrogens is 316 g/mol. The SMILES string of the molecule is Cc1cc(C(=O)O[C@@H]2[C@H]3CCO[C@@H]3C2(C)C)c(C)n1-c1ccccn1. The Morgan fingerprint density at radius 3 is 2.88 bits per heavy atom. The van der Waals surface area contributed by atoms with Crippen molar-refractivity contribution in [1.29, 1.82) is 0 Å².